The van der Waals surface area contributed by atoms with Crippen LogP contribution in [0.2, 0.25) is 5.02 Å². The topological polar surface area (TPSA) is 41.6 Å². The lowest BCUT2D eigenvalue weighted by Gasteiger charge is -2.16. The molecule has 0 heterocycles. The first kappa shape index (κ1) is 22.2. The number of anilines is 1. The van der Waals surface area contributed by atoms with Crippen LogP contribution in [-0.4, -0.2) is 17.3 Å². The maximum absolute atomic E-state index is 14.2. The molecule has 0 atom stereocenters. The summed E-state index contributed by atoms with van der Waals surface area (Å²) in [5.74, 6) is -0.735. The second-order valence-corrected chi connectivity index (χ2v) is 7.06. The number of hydrogen-bond acceptors (Lipinski definition) is 4. The predicted octanol–water partition coefficient (Wildman–Crippen LogP) is 6.52. The number of carbonyl (C=O) groups is 1. The zero-order chi connectivity index (χ0) is 20.9. The molecule has 0 spiro atoms. The first-order chi connectivity index (χ1) is 13.1. The molecule has 1 N–H and O–H groups in total. The Morgan fingerprint density at radius 2 is 1.96 bits per heavy atom. The highest BCUT2D eigenvalue weighted by molar-refractivity contribution is 7.98. The minimum atomic E-state index is -4.52. The Labute approximate surface area is 169 Å². The van der Waals surface area contributed by atoms with Gasteiger partial charge in [0.05, 0.1) is 28.4 Å². The van der Waals surface area contributed by atoms with Crippen molar-refractivity contribution in [1.82, 2.24) is 4.31 Å². The summed E-state index contributed by atoms with van der Waals surface area (Å²) in [5, 5.41) is -0.246. The first-order valence-corrected chi connectivity index (χ1v) is 9.30. The second-order valence-electron chi connectivity index (χ2n) is 5.72. The number of carbonyl (C=O) groups excluding carboxylic acids is 1. The lowest BCUT2D eigenvalue weighted by atomic mass is 10.2. The molecular formula is C18H17ClF4N2O2S. The maximum atomic E-state index is 14.2. The standard InChI is InChI=1S/C18H17ClF4N2O2S/c1-3-4-17(26)25(2)28-24-15-7-6-12(10-14(15)20)27-16-8-5-11(9-13(16)19)18(21,22)23/h5-10,24H,3-4H2,1-2H3. The van der Waals surface area contributed by atoms with Gasteiger partial charge in [-0.05, 0) is 36.8 Å². The van der Waals surface area contributed by atoms with E-state index in [1.54, 1.807) is 7.05 Å². The minimum absolute atomic E-state index is 0.0333. The van der Waals surface area contributed by atoms with E-state index in [4.69, 9.17) is 16.3 Å². The molecule has 2 aromatic rings. The highest BCUT2D eigenvalue weighted by Crippen LogP contribution is 2.37. The second kappa shape index (κ2) is 9.38. The van der Waals surface area contributed by atoms with Gasteiger partial charge >= 0.3 is 6.18 Å². The SMILES string of the molecule is CCCC(=O)N(C)SNc1ccc(Oc2ccc(C(F)(F)F)cc2Cl)cc1F. The summed E-state index contributed by atoms with van der Waals surface area (Å²) in [5.41, 5.74) is -0.790. The summed E-state index contributed by atoms with van der Waals surface area (Å²) in [6.07, 6.45) is -3.43. The van der Waals surface area contributed by atoms with Crippen LogP contribution < -0.4 is 9.46 Å². The molecule has 0 aliphatic rings. The largest absolute Gasteiger partial charge is 0.456 e. The van der Waals surface area contributed by atoms with Gasteiger partial charge in [0.2, 0.25) is 5.91 Å². The highest BCUT2D eigenvalue weighted by Gasteiger charge is 2.31. The van der Waals surface area contributed by atoms with E-state index in [0.29, 0.717) is 12.8 Å². The normalized spacial score (nSPS) is 11.2. The molecule has 2 aromatic carbocycles. The third-order valence-corrected chi connectivity index (χ3v) is 4.62. The van der Waals surface area contributed by atoms with Crippen LogP contribution >= 0.6 is 23.7 Å². The number of nitrogens with one attached hydrogen (secondary N) is 1. The number of ether oxygens (including phenoxy) is 1. The Bertz CT molecular complexity index is 849. The number of benzene rings is 2. The fourth-order valence-corrected chi connectivity index (χ4v) is 2.88. The number of rotatable bonds is 7. The van der Waals surface area contributed by atoms with Gasteiger partial charge in [-0.25, -0.2) is 4.39 Å². The van der Waals surface area contributed by atoms with E-state index < -0.39 is 17.6 Å². The predicted molar refractivity (Wildman–Crippen MR) is 102 cm³/mol. The van der Waals surface area contributed by atoms with Gasteiger partial charge in [-0.2, -0.15) is 13.2 Å². The number of hydrogen-bond donors (Lipinski definition) is 1. The molecule has 0 saturated carbocycles. The fraction of sp³-hybridized carbons (Fsp3) is 0.278. The molecule has 0 aliphatic carbocycles. The van der Waals surface area contributed by atoms with Gasteiger partial charge in [0.25, 0.3) is 0 Å². The van der Waals surface area contributed by atoms with Crippen LogP contribution in [0.4, 0.5) is 23.2 Å². The number of halogens is 5. The van der Waals surface area contributed by atoms with Crippen LogP contribution in [0.1, 0.15) is 25.3 Å². The Balaban J connectivity index is 2.05. The maximum Gasteiger partial charge on any atom is 0.416 e. The van der Waals surface area contributed by atoms with E-state index in [1.165, 1.54) is 16.4 Å². The van der Waals surface area contributed by atoms with Crippen molar-refractivity contribution in [3.8, 4) is 11.5 Å². The van der Waals surface area contributed by atoms with Crippen LogP contribution in [0.3, 0.4) is 0 Å². The molecule has 152 valence electrons. The Kier molecular flexibility index (Phi) is 7.42. The highest BCUT2D eigenvalue weighted by atomic mass is 35.5. The van der Waals surface area contributed by atoms with E-state index in [-0.39, 0.29) is 28.1 Å². The van der Waals surface area contributed by atoms with E-state index >= 15 is 0 Å². The van der Waals surface area contributed by atoms with Gasteiger partial charge in [0, 0.05) is 19.5 Å². The smallest absolute Gasteiger partial charge is 0.416 e. The monoisotopic (exact) mass is 436 g/mol. The van der Waals surface area contributed by atoms with Crippen molar-refractivity contribution in [2.45, 2.75) is 25.9 Å². The van der Waals surface area contributed by atoms with Crippen LogP contribution in [0.5, 0.6) is 11.5 Å². The van der Waals surface area contributed by atoms with E-state index in [9.17, 15) is 22.4 Å². The van der Waals surface area contributed by atoms with Crippen molar-refractivity contribution in [2.75, 3.05) is 11.8 Å². The molecule has 0 unspecified atom stereocenters. The summed E-state index contributed by atoms with van der Waals surface area (Å²) in [6, 6.07) is 6.50. The molecule has 0 fully saturated rings. The number of alkyl halides is 3. The zero-order valence-corrected chi connectivity index (χ0v) is 16.5. The van der Waals surface area contributed by atoms with Crippen LogP contribution in [-0.2, 0) is 11.0 Å². The lowest BCUT2D eigenvalue weighted by Crippen LogP contribution is -2.20. The summed E-state index contributed by atoms with van der Waals surface area (Å²) in [7, 11) is 1.57. The van der Waals surface area contributed by atoms with E-state index in [0.717, 1.165) is 36.4 Å². The Morgan fingerprint density at radius 1 is 1.25 bits per heavy atom. The summed E-state index contributed by atoms with van der Waals surface area (Å²) in [6.45, 7) is 1.88. The summed E-state index contributed by atoms with van der Waals surface area (Å²) in [4.78, 5) is 11.7. The molecule has 0 aromatic heterocycles. The van der Waals surface area contributed by atoms with Gasteiger partial charge < -0.3 is 9.46 Å². The van der Waals surface area contributed by atoms with Crippen molar-refractivity contribution in [3.05, 3.63) is 52.8 Å². The van der Waals surface area contributed by atoms with Crippen LogP contribution in [0, 0.1) is 5.82 Å². The lowest BCUT2D eigenvalue weighted by molar-refractivity contribution is -0.137. The third kappa shape index (κ3) is 5.93. The average molecular weight is 437 g/mol. The van der Waals surface area contributed by atoms with Gasteiger partial charge in [-0.3, -0.25) is 9.10 Å². The van der Waals surface area contributed by atoms with Crippen molar-refractivity contribution >= 4 is 35.3 Å². The molecule has 10 heteroatoms. The molecule has 28 heavy (non-hydrogen) atoms. The molecular weight excluding hydrogens is 420 g/mol. The molecule has 0 radical (unpaired) electrons. The molecule has 4 nitrogen and oxygen atoms in total. The van der Waals surface area contributed by atoms with Crippen LogP contribution in [0.25, 0.3) is 0 Å². The Hall–Kier alpha value is -2.13. The molecule has 0 bridgehead atoms. The molecule has 2 rings (SSSR count). The van der Waals surface area contributed by atoms with Crippen molar-refractivity contribution in [3.63, 3.8) is 0 Å². The van der Waals surface area contributed by atoms with E-state index in [1.807, 2.05) is 6.92 Å². The molecule has 0 saturated heterocycles. The molecule has 1 amide bonds. The summed E-state index contributed by atoms with van der Waals surface area (Å²) >= 11 is 6.76. The zero-order valence-electron chi connectivity index (χ0n) is 14.9. The van der Waals surface area contributed by atoms with Gasteiger partial charge in [0.1, 0.15) is 11.5 Å². The number of nitrogens with zero attached hydrogens (tertiary/aromatic N) is 1. The van der Waals surface area contributed by atoms with Crippen molar-refractivity contribution in [2.24, 2.45) is 0 Å². The Morgan fingerprint density at radius 3 is 2.54 bits per heavy atom. The minimum Gasteiger partial charge on any atom is -0.456 e. The van der Waals surface area contributed by atoms with Gasteiger partial charge in [0.15, 0.2) is 5.82 Å². The van der Waals surface area contributed by atoms with Gasteiger partial charge in [-0.15, -0.1) is 0 Å². The molecule has 0 aliphatic heterocycles. The quantitative estimate of drug-likeness (QED) is 0.396. The van der Waals surface area contributed by atoms with Gasteiger partial charge in [-0.1, -0.05) is 18.5 Å². The average Bonchev–Trinajstić information content (AvgIpc) is 2.61. The third-order valence-electron chi connectivity index (χ3n) is 3.54. The van der Waals surface area contributed by atoms with Crippen LogP contribution in [0.15, 0.2) is 36.4 Å². The first-order valence-electron chi connectivity index (χ1n) is 8.15. The summed E-state index contributed by atoms with van der Waals surface area (Å²) < 4.78 is 61.7. The van der Waals surface area contributed by atoms with E-state index in [2.05, 4.69) is 4.72 Å². The van der Waals surface area contributed by atoms with Crippen molar-refractivity contribution < 1.29 is 27.1 Å². The fourth-order valence-electron chi connectivity index (χ4n) is 2.07. The number of amides is 1. The van der Waals surface area contributed by atoms with Crippen molar-refractivity contribution in [1.29, 1.82) is 0 Å².